The number of rotatable bonds is 4. The molecule has 3 N–H and O–H groups in total. The van der Waals surface area contributed by atoms with Gasteiger partial charge >= 0.3 is 0 Å². The number of carbonyl (C=O) groups is 1. The van der Waals surface area contributed by atoms with Crippen LogP contribution in [-0.2, 0) is 0 Å². The summed E-state index contributed by atoms with van der Waals surface area (Å²) in [5.74, 6) is 0.391. The summed E-state index contributed by atoms with van der Waals surface area (Å²) < 4.78 is 0. The molecule has 2 aliphatic carbocycles. The van der Waals surface area contributed by atoms with Gasteiger partial charge in [0, 0.05) is 17.7 Å². The number of ketones is 1. The van der Waals surface area contributed by atoms with Crippen LogP contribution in [0.25, 0.3) is 11.1 Å². The number of H-pyrrole nitrogens is 1. The van der Waals surface area contributed by atoms with Crippen LogP contribution in [0.1, 0.15) is 50.4 Å². The van der Waals surface area contributed by atoms with Crippen molar-refractivity contribution in [3.05, 3.63) is 70.2 Å². The lowest BCUT2D eigenvalue weighted by molar-refractivity contribution is 0.0803. The Labute approximate surface area is 188 Å². The number of benzene rings is 1. The van der Waals surface area contributed by atoms with Gasteiger partial charge in [-0.25, -0.2) is 0 Å². The minimum absolute atomic E-state index is 0.0000727. The van der Waals surface area contributed by atoms with Crippen molar-refractivity contribution in [3.8, 4) is 22.6 Å². The Balaban J connectivity index is 1.79. The third-order valence-electron chi connectivity index (χ3n) is 7.31. The fraction of sp³-hybridized carbons (Fsp3) is 0.407. The van der Waals surface area contributed by atoms with Gasteiger partial charge in [-0.2, -0.15) is 0 Å². The second kappa shape index (κ2) is 8.81. The second-order valence-electron chi connectivity index (χ2n) is 9.39. The van der Waals surface area contributed by atoms with Crippen molar-refractivity contribution < 1.29 is 15.0 Å². The van der Waals surface area contributed by atoms with E-state index < -0.39 is 11.5 Å². The first-order valence-electron chi connectivity index (χ1n) is 11.4. The number of hydrogen-bond acceptors (Lipinski definition) is 4. The summed E-state index contributed by atoms with van der Waals surface area (Å²) in [4.78, 5) is 29.1. The van der Waals surface area contributed by atoms with E-state index in [4.69, 9.17) is 0 Å². The average molecular weight is 434 g/mol. The van der Waals surface area contributed by atoms with Crippen molar-refractivity contribution in [1.82, 2.24) is 4.98 Å². The van der Waals surface area contributed by atoms with Crippen molar-refractivity contribution in [1.29, 1.82) is 0 Å². The summed E-state index contributed by atoms with van der Waals surface area (Å²) in [6.07, 6.45) is 10.9. The lowest BCUT2D eigenvalue weighted by Gasteiger charge is -2.45. The first-order chi connectivity index (χ1) is 15.3. The summed E-state index contributed by atoms with van der Waals surface area (Å²) >= 11 is 0. The molecular weight excluding hydrogens is 402 g/mol. The van der Waals surface area contributed by atoms with E-state index in [0.29, 0.717) is 28.9 Å². The largest absolute Gasteiger partial charge is 0.508 e. The number of phenols is 1. The maximum Gasteiger partial charge on any atom is 0.262 e. The molecule has 1 aromatic heterocycles. The van der Waals surface area contributed by atoms with E-state index in [0.717, 1.165) is 12.8 Å². The van der Waals surface area contributed by atoms with Crippen LogP contribution in [0.15, 0.2) is 59.1 Å². The predicted octanol–water partition coefficient (Wildman–Crippen LogP) is 5.46. The van der Waals surface area contributed by atoms with Gasteiger partial charge in [0.15, 0.2) is 5.78 Å². The predicted molar refractivity (Wildman–Crippen MR) is 126 cm³/mol. The quantitative estimate of drug-likeness (QED) is 0.441. The van der Waals surface area contributed by atoms with E-state index in [9.17, 15) is 19.8 Å². The fourth-order valence-electron chi connectivity index (χ4n) is 5.71. The average Bonchev–Trinajstić information content (AvgIpc) is 2.76. The van der Waals surface area contributed by atoms with E-state index in [2.05, 4.69) is 24.9 Å². The van der Waals surface area contributed by atoms with E-state index >= 15 is 0 Å². The molecule has 5 heteroatoms. The normalized spacial score (nSPS) is 27.7. The molecule has 168 valence electrons. The minimum Gasteiger partial charge on any atom is -0.508 e. The number of aromatic hydroxyl groups is 2. The van der Waals surface area contributed by atoms with E-state index in [1.54, 1.807) is 12.1 Å². The molecule has 1 aromatic carbocycles. The van der Waals surface area contributed by atoms with Crippen LogP contribution in [0.3, 0.4) is 0 Å². The third kappa shape index (κ3) is 3.92. The molecule has 1 heterocycles. The standard InChI is InChI=1S/C27H31NO4/c1-4-5-20-21-12-15(2)6-11-19(21)16(3)13-22(20)25(30)24-26(31)23(14-28-27(24)32)17-7-9-18(29)10-8-17/h4-5,7-10,13-15,19-22,29H,6,11-12H2,1-3H3,(H2,28,31,32)/b5-4+/t15-,19+,20+,21-,22-/m0/s1. The zero-order valence-corrected chi connectivity index (χ0v) is 18.8. The molecule has 5 atom stereocenters. The Morgan fingerprint density at radius 3 is 2.56 bits per heavy atom. The molecule has 1 fully saturated rings. The lowest BCUT2D eigenvalue weighted by Crippen LogP contribution is -2.40. The zero-order valence-electron chi connectivity index (χ0n) is 18.8. The molecule has 2 aliphatic rings. The first-order valence-corrected chi connectivity index (χ1v) is 11.4. The number of aromatic amines is 1. The summed E-state index contributed by atoms with van der Waals surface area (Å²) in [7, 11) is 0. The number of fused-ring (bicyclic) bond motifs is 1. The van der Waals surface area contributed by atoms with Gasteiger partial charge in [0.2, 0.25) is 0 Å². The van der Waals surface area contributed by atoms with Crippen molar-refractivity contribution in [2.24, 2.45) is 29.6 Å². The van der Waals surface area contributed by atoms with E-state index in [-0.39, 0.29) is 28.8 Å². The highest BCUT2D eigenvalue weighted by atomic mass is 16.3. The van der Waals surface area contributed by atoms with Gasteiger partial charge in [0.1, 0.15) is 17.1 Å². The Bertz CT molecular complexity index is 1130. The topological polar surface area (TPSA) is 90.4 Å². The monoisotopic (exact) mass is 433 g/mol. The van der Waals surface area contributed by atoms with Gasteiger partial charge in [-0.1, -0.05) is 49.3 Å². The van der Waals surface area contributed by atoms with E-state index in [1.807, 2.05) is 19.1 Å². The minimum atomic E-state index is -0.584. The van der Waals surface area contributed by atoms with Crippen LogP contribution >= 0.6 is 0 Å². The summed E-state index contributed by atoms with van der Waals surface area (Å²) in [5.41, 5.74) is 1.40. The summed E-state index contributed by atoms with van der Waals surface area (Å²) in [5, 5.41) is 20.6. The van der Waals surface area contributed by atoms with Crippen molar-refractivity contribution in [2.45, 2.75) is 40.0 Å². The molecular formula is C27H31NO4. The number of allylic oxidation sites excluding steroid dienone is 4. The van der Waals surface area contributed by atoms with Gasteiger partial charge in [-0.3, -0.25) is 9.59 Å². The highest BCUT2D eigenvalue weighted by Gasteiger charge is 2.43. The molecule has 2 aromatic rings. The highest BCUT2D eigenvalue weighted by Crippen LogP contribution is 2.49. The Kier molecular flexibility index (Phi) is 6.09. The number of nitrogens with one attached hydrogen (secondary N) is 1. The number of Topliss-reactive ketones (excluding diaryl/α,β-unsaturated/α-hetero) is 1. The van der Waals surface area contributed by atoms with Gasteiger partial charge in [-0.15, -0.1) is 0 Å². The fourth-order valence-corrected chi connectivity index (χ4v) is 5.71. The maximum absolute atomic E-state index is 13.8. The smallest absolute Gasteiger partial charge is 0.262 e. The maximum atomic E-state index is 13.8. The second-order valence-corrected chi connectivity index (χ2v) is 9.39. The van der Waals surface area contributed by atoms with Gasteiger partial charge < -0.3 is 15.2 Å². The van der Waals surface area contributed by atoms with E-state index in [1.165, 1.54) is 30.3 Å². The van der Waals surface area contributed by atoms with Crippen molar-refractivity contribution in [2.75, 3.05) is 0 Å². The molecule has 32 heavy (non-hydrogen) atoms. The molecule has 1 saturated carbocycles. The Morgan fingerprint density at radius 2 is 1.88 bits per heavy atom. The van der Waals surface area contributed by atoms with Crippen LogP contribution in [0, 0.1) is 29.6 Å². The summed E-state index contributed by atoms with van der Waals surface area (Å²) in [6, 6.07) is 6.28. The Morgan fingerprint density at radius 1 is 1.16 bits per heavy atom. The number of phenolic OH excluding ortho intramolecular Hbond substituents is 1. The number of aromatic nitrogens is 1. The molecule has 0 spiro atoms. The molecule has 0 unspecified atom stereocenters. The molecule has 0 radical (unpaired) electrons. The molecule has 4 rings (SSSR count). The van der Waals surface area contributed by atoms with Gasteiger partial charge in [-0.05, 0) is 68.1 Å². The number of carbonyl (C=O) groups excluding carboxylic acids is 1. The summed E-state index contributed by atoms with van der Waals surface area (Å²) in [6.45, 7) is 6.32. The van der Waals surface area contributed by atoms with Crippen LogP contribution < -0.4 is 5.56 Å². The Hall–Kier alpha value is -3.08. The van der Waals surface area contributed by atoms with Crippen molar-refractivity contribution >= 4 is 5.78 Å². The molecule has 5 nitrogen and oxygen atoms in total. The van der Waals surface area contributed by atoms with Gasteiger partial charge in [0.25, 0.3) is 5.56 Å². The lowest BCUT2D eigenvalue weighted by atomic mass is 9.59. The van der Waals surface area contributed by atoms with Gasteiger partial charge in [0.05, 0.1) is 0 Å². The number of hydrogen-bond donors (Lipinski definition) is 3. The molecule has 0 aliphatic heterocycles. The van der Waals surface area contributed by atoms with Crippen LogP contribution in [0.2, 0.25) is 0 Å². The highest BCUT2D eigenvalue weighted by molar-refractivity contribution is 6.03. The van der Waals surface area contributed by atoms with Crippen LogP contribution in [-0.4, -0.2) is 21.0 Å². The molecule has 0 amide bonds. The third-order valence-corrected chi connectivity index (χ3v) is 7.31. The zero-order chi connectivity index (χ0) is 23.0. The first kappa shape index (κ1) is 22.1. The van der Waals surface area contributed by atoms with Crippen LogP contribution in [0.4, 0.5) is 0 Å². The van der Waals surface area contributed by atoms with Crippen molar-refractivity contribution in [3.63, 3.8) is 0 Å². The SMILES string of the molecule is C/C=C/[C@@H]1[C@H]2C[C@@H](C)CC[C@@H]2C(C)=C[C@@H]1C(=O)c1c(O)c(-c2ccc(O)cc2)c[nH]c1=O. The molecule has 0 bridgehead atoms. The number of pyridine rings is 1. The molecule has 0 saturated heterocycles. The van der Waals surface area contributed by atoms with Crippen LogP contribution in [0.5, 0.6) is 11.5 Å².